The molecule has 0 radical (unpaired) electrons. The highest BCUT2D eigenvalue weighted by molar-refractivity contribution is 6.30. The van der Waals surface area contributed by atoms with E-state index in [0.717, 1.165) is 11.8 Å². The molecule has 0 spiro atoms. The molecule has 9 heteroatoms. The average molecular weight is 402 g/mol. The van der Waals surface area contributed by atoms with Crippen molar-refractivity contribution < 1.29 is 19.2 Å². The van der Waals surface area contributed by atoms with Crippen LogP contribution in [0.2, 0.25) is 5.15 Å². The second-order valence-corrected chi connectivity index (χ2v) is 6.18. The van der Waals surface area contributed by atoms with Gasteiger partial charge in [-0.25, -0.2) is 9.48 Å². The van der Waals surface area contributed by atoms with Gasteiger partial charge >= 0.3 is 5.97 Å². The standard InChI is InChI=1S/C19H16ClN3O5/c1-12-16(18(20)22(21-12)13-6-4-3-5-7-13)11-28-19(24)15-10-14(23(25)26)8-9-17(15)27-2/h3-10H,11H2,1-2H3. The number of hydrogen-bond acceptors (Lipinski definition) is 6. The Kier molecular flexibility index (Phi) is 5.60. The number of aromatic nitrogens is 2. The fraction of sp³-hybridized carbons (Fsp3) is 0.158. The molecule has 0 saturated heterocycles. The number of benzene rings is 2. The number of carbonyl (C=O) groups is 1. The monoisotopic (exact) mass is 401 g/mol. The molecule has 0 N–H and O–H groups in total. The second kappa shape index (κ2) is 8.10. The molecule has 8 nitrogen and oxygen atoms in total. The van der Waals surface area contributed by atoms with Crippen molar-refractivity contribution in [2.24, 2.45) is 0 Å². The average Bonchev–Trinajstić information content (AvgIpc) is 2.99. The third-order valence-electron chi connectivity index (χ3n) is 4.08. The zero-order valence-corrected chi connectivity index (χ0v) is 15.8. The number of halogens is 1. The SMILES string of the molecule is COc1ccc([N+](=O)[O-])cc1C(=O)OCc1c(C)nn(-c2ccccc2)c1Cl. The number of nitro benzene ring substituents is 1. The van der Waals surface area contributed by atoms with Crippen molar-refractivity contribution in [1.29, 1.82) is 0 Å². The fourth-order valence-electron chi connectivity index (χ4n) is 2.62. The summed E-state index contributed by atoms with van der Waals surface area (Å²) in [4.78, 5) is 22.8. The predicted molar refractivity (Wildman–Crippen MR) is 102 cm³/mol. The van der Waals surface area contributed by atoms with E-state index in [9.17, 15) is 14.9 Å². The first kappa shape index (κ1) is 19.4. The molecule has 0 unspecified atom stereocenters. The number of non-ortho nitro benzene ring substituents is 1. The minimum Gasteiger partial charge on any atom is -0.496 e. The largest absolute Gasteiger partial charge is 0.496 e. The molecule has 144 valence electrons. The minimum absolute atomic E-state index is 0.0408. The predicted octanol–water partition coefficient (Wildman–Crippen LogP) is 4.11. The molecule has 0 amide bonds. The quantitative estimate of drug-likeness (QED) is 0.350. The molecule has 1 aromatic heterocycles. The van der Waals surface area contributed by atoms with Gasteiger partial charge in [0.2, 0.25) is 0 Å². The van der Waals surface area contributed by atoms with Gasteiger partial charge in [0.1, 0.15) is 23.1 Å². The van der Waals surface area contributed by atoms with E-state index in [-0.39, 0.29) is 23.6 Å². The molecule has 28 heavy (non-hydrogen) atoms. The summed E-state index contributed by atoms with van der Waals surface area (Å²) in [5.74, 6) is -0.582. The van der Waals surface area contributed by atoms with Crippen LogP contribution in [0.5, 0.6) is 5.75 Å². The lowest BCUT2D eigenvalue weighted by molar-refractivity contribution is -0.384. The van der Waals surface area contributed by atoms with E-state index in [0.29, 0.717) is 16.4 Å². The van der Waals surface area contributed by atoms with E-state index >= 15 is 0 Å². The van der Waals surface area contributed by atoms with Crippen LogP contribution in [-0.2, 0) is 11.3 Å². The Bertz CT molecular complexity index is 1030. The zero-order chi connectivity index (χ0) is 20.3. The Balaban J connectivity index is 1.83. The van der Waals surface area contributed by atoms with Gasteiger partial charge in [-0.05, 0) is 25.1 Å². The summed E-state index contributed by atoms with van der Waals surface area (Å²) in [6.45, 7) is 1.62. The Morgan fingerprint density at radius 2 is 1.96 bits per heavy atom. The van der Waals surface area contributed by atoms with E-state index in [1.165, 1.54) is 19.2 Å². The van der Waals surface area contributed by atoms with E-state index in [4.69, 9.17) is 21.1 Å². The molecule has 0 fully saturated rings. The summed E-state index contributed by atoms with van der Waals surface area (Å²) in [5, 5.41) is 15.7. The molecule has 1 heterocycles. The first-order valence-corrected chi connectivity index (χ1v) is 8.59. The molecule has 3 rings (SSSR count). The van der Waals surface area contributed by atoms with Crippen LogP contribution in [0.15, 0.2) is 48.5 Å². The smallest absolute Gasteiger partial charge is 0.342 e. The summed E-state index contributed by atoms with van der Waals surface area (Å²) < 4.78 is 12.0. The highest BCUT2D eigenvalue weighted by Gasteiger charge is 2.21. The number of nitro groups is 1. The van der Waals surface area contributed by atoms with Gasteiger partial charge in [0.15, 0.2) is 0 Å². The van der Waals surface area contributed by atoms with Crippen LogP contribution in [0.3, 0.4) is 0 Å². The summed E-state index contributed by atoms with van der Waals surface area (Å²) >= 11 is 6.41. The lowest BCUT2D eigenvalue weighted by Gasteiger charge is -2.09. The molecule has 0 saturated carbocycles. The number of ether oxygens (including phenoxy) is 2. The van der Waals surface area contributed by atoms with Gasteiger partial charge in [-0.15, -0.1) is 0 Å². The van der Waals surface area contributed by atoms with Crippen LogP contribution in [0.4, 0.5) is 5.69 Å². The molecular weight excluding hydrogens is 386 g/mol. The van der Waals surface area contributed by atoms with Gasteiger partial charge in [0.05, 0.1) is 23.4 Å². The topological polar surface area (TPSA) is 96.5 Å². The lowest BCUT2D eigenvalue weighted by atomic mass is 10.2. The minimum atomic E-state index is -0.761. The molecule has 0 aliphatic carbocycles. The molecule has 0 bridgehead atoms. The van der Waals surface area contributed by atoms with Gasteiger partial charge in [-0.2, -0.15) is 5.10 Å². The summed E-state index contributed by atoms with van der Waals surface area (Å²) in [6.07, 6.45) is 0. The highest BCUT2D eigenvalue weighted by atomic mass is 35.5. The van der Waals surface area contributed by atoms with Gasteiger partial charge < -0.3 is 9.47 Å². The number of para-hydroxylation sites is 1. The van der Waals surface area contributed by atoms with Crippen molar-refractivity contribution in [3.05, 3.63) is 80.6 Å². The van der Waals surface area contributed by atoms with E-state index in [2.05, 4.69) is 5.10 Å². The highest BCUT2D eigenvalue weighted by Crippen LogP contribution is 2.27. The van der Waals surface area contributed by atoms with Gasteiger partial charge in [-0.1, -0.05) is 29.8 Å². The summed E-state index contributed by atoms with van der Waals surface area (Å²) in [5.41, 5.74) is 1.64. The number of methoxy groups -OCH3 is 1. The first-order chi connectivity index (χ1) is 13.4. The van der Waals surface area contributed by atoms with Crippen LogP contribution in [0.25, 0.3) is 5.69 Å². The van der Waals surface area contributed by atoms with Crippen molar-refractivity contribution in [2.45, 2.75) is 13.5 Å². The second-order valence-electron chi connectivity index (χ2n) is 5.82. The normalized spacial score (nSPS) is 10.5. The van der Waals surface area contributed by atoms with Crippen LogP contribution in [0.1, 0.15) is 21.6 Å². The van der Waals surface area contributed by atoms with Gasteiger partial charge in [0, 0.05) is 17.7 Å². The number of nitrogens with zero attached hydrogens (tertiary/aromatic N) is 3. The molecule has 0 atom stereocenters. The molecule has 3 aromatic rings. The molecular formula is C19H16ClN3O5. The van der Waals surface area contributed by atoms with Gasteiger partial charge in [0.25, 0.3) is 5.69 Å². The first-order valence-electron chi connectivity index (χ1n) is 8.21. The Morgan fingerprint density at radius 1 is 1.25 bits per heavy atom. The number of esters is 1. The van der Waals surface area contributed by atoms with E-state index in [1.54, 1.807) is 11.6 Å². The molecule has 0 aliphatic heterocycles. The van der Waals surface area contributed by atoms with Crippen LogP contribution >= 0.6 is 11.6 Å². The Hall–Kier alpha value is -3.39. The van der Waals surface area contributed by atoms with Crippen molar-refractivity contribution in [3.63, 3.8) is 0 Å². The summed E-state index contributed by atoms with van der Waals surface area (Å²) in [7, 11) is 1.36. The molecule has 0 aliphatic rings. The number of hydrogen-bond donors (Lipinski definition) is 0. The number of carbonyl (C=O) groups excluding carboxylic acids is 1. The van der Waals surface area contributed by atoms with Crippen LogP contribution in [-0.4, -0.2) is 27.8 Å². The van der Waals surface area contributed by atoms with Crippen LogP contribution < -0.4 is 4.74 Å². The van der Waals surface area contributed by atoms with E-state index < -0.39 is 10.9 Å². The third kappa shape index (κ3) is 3.81. The van der Waals surface area contributed by atoms with Crippen molar-refractivity contribution in [2.75, 3.05) is 7.11 Å². The van der Waals surface area contributed by atoms with Crippen molar-refractivity contribution in [3.8, 4) is 11.4 Å². The fourth-order valence-corrected chi connectivity index (χ4v) is 2.95. The van der Waals surface area contributed by atoms with Gasteiger partial charge in [-0.3, -0.25) is 10.1 Å². The van der Waals surface area contributed by atoms with E-state index in [1.807, 2.05) is 30.3 Å². The maximum Gasteiger partial charge on any atom is 0.342 e. The number of rotatable bonds is 6. The Morgan fingerprint density at radius 3 is 2.61 bits per heavy atom. The zero-order valence-electron chi connectivity index (χ0n) is 15.1. The Labute approximate surface area is 165 Å². The summed E-state index contributed by atoms with van der Waals surface area (Å²) in [6, 6.07) is 13.0. The third-order valence-corrected chi connectivity index (χ3v) is 4.47. The molecule has 2 aromatic carbocycles. The van der Waals surface area contributed by atoms with Crippen molar-refractivity contribution >= 4 is 23.3 Å². The lowest BCUT2D eigenvalue weighted by Crippen LogP contribution is -2.08. The number of aryl methyl sites for hydroxylation is 1. The van der Waals surface area contributed by atoms with Crippen LogP contribution in [0, 0.1) is 17.0 Å². The maximum absolute atomic E-state index is 12.5. The van der Waals surface area contributed by atoms with Crippen molar-refractivity contribution in [1.82, 2.24) is 9.78 Å². The maximum atomic E-state index is 12.5.